The zero-order valence-electron chi connectivity index (χ0n) is 17.1. The summed E-state index contributed by atoms with van der Waals surface area (Å²) in [5, 5.41) is 5.85. The zero-order valence-corrected chi connectivity index (χ0v) is 17.1. The van der Waals surface area contributed by atoms with Gasteiger partial charge >= 0.3 is 0 Å². The van der Waals surface area contributed by atoms with E-state index >= 15 is 0 Å². The van der Waals surface area contributed by atoms with E-state index in [1.54, 1.807) is 4.90 Å². The largest absolute Gasteiger partial charge is 0.322 e. The molecule has 2 unspecified atom stereocenters. The van der Waals surface area contributed by atoms with Crippen LogP contribution in [0.5, 0.6) is 0 Å². The molecule has 1 aromatic carbocycles. The Kier molecular flexibility index (Phi) is 5.96. The molecule has 0 aromatic heterocycles. The molecule has 0 bridgehead atoms. The number of rotatable bonds is 6. The van der Waals surface area contributed by atoms with Gasteiger partial charge in [0, 0.05) is 31.6 Å². The van der Waals surface area contributed by atoms with Crippen molar-refractivity contribution in [1.29, 1.82) is 0 Å². The number of nitrogens with one attached hydrogen (secondary N) is 2. The Morgan fingerprint density at radius 1 is 1.21 bits per heavy atom. The Morgan fingerprint density at radius 2 is 2.07 bits per heavy atom. The van der Waals surface area contributed by atoms with Gasteiger partial charge in [0.05, 0.1) is 0 Å². The first kappa shape index (κ1) is 20.0. The van der Waals surface area contributed by atoms with Gasteiger partial charge < -0.3 is 10.2 Å². The molecule has 2 atom stereocenters. The first-order chi connectivity index (χ1) is 14.1. The Morgan fingerprint density at radius 3 is 2.79 bits per heavy atom. The monoisotopic (exact) mass is 398 g/mol. The topological polar surface area (TPSA) is 81.8 Å². The van der Waals surface area contributed by atoms with E-state index in [0.29, 0.717) is 18.9 Å². The predicted octanol–water partition coefficient (Wildman–Crippen LogP) is 1.27. The van der Waals surface area contributed by atoms with Gasteiger partial charge in [-0.2, -0.15) is 0 Å². The van der Waals surface area contributed by atoms with Crippen LogP contribution >= 0.6 is 0 Å². The second-order valence-corrected chi connectivity index (χ2v) is 8.39. The van der Waals surface area contributed by atoms with Crippen LogP contribution in [0.15, 0.2) is 18.2 Å². The molecule has 0 spiro atoms. The summed E-state index contributed by atoms with van der Waals surface area (Å²) in [5.74, 6) is -0.0487. The normalized spacial score (nSPS) is 24.8. The SMILES string of the molecule is CCN(Cc1cccc2c1C(=O)N(C1CCC(=O)NC1=O)C2)CC1CCCNC1. The number of piperidine rings is 2. The average Bonchev–Trinajstić information content (AvgIpc) is 3.05. The molecule has 3 aliphatic rings. The molecule has 0 saturated carbocycles. The van der Waals surface area contributed by atoms with Crippen LogP contribution in [-0.4, -0.2) is 59.7 Å². The first-order valence-electron chi connectivity index (χ1n) is 10.7. The highest BCUT2D eigenvalue weighted by Crippen LogP contribution is 2.30. The Hall–Kier alpha value is -2.25. The van der Waals surface area contributed by atoms with Gasteiger partial charge in [-0.15, -0.1) is 0 Å². The Labute approximate surface area is 171 Å². The van der Waals surface area contributed by atoms with Crippen LogP contribution in [0.2, 0.25) is 0 Å². The van der Waals surface area contributed by atoms with Gasteiger partial charge in [-0.1, -0.05) is 25.1 Å². The average molecular weight is 399 g/mol. The molecular weight excluding hydrogens is 368 g/mol. The van der Waals surface area contributed by atoms with E-state index in [0.717, 1.165) is 49.4 Å². The van der Waals surface area contributed by atoms with Crippen molar-refractivity contribution in [3.05, 3.63) is 34.9 Å². The zero-order chi connectivity index (χ0) is 20.4. The van der Waals surface area contributed by atoms with E-state index in [9.17, 15) is 14.4 Å². The van der Waals surface area contributed by atoms with Crippen molar-refractivity contribution in [2.45, 2.75) is 51.7 Å². The third-order valence-electron chi connectivity index (χ3n) is 6.40. The van der Waals surface area contributed by atoms with E-state index in [2.05, 4.69) is 22.5 Å². The van der Waals surface area contributed by atoms with Gasteiger partial charge in [-0.3, -0.25) is 24.6 Å². The number of carbonyl (C=O) groups excluding carboxylic acids is 3. The fourth-order valence-electron chi connectivity index (χ4n) is 4.81. The minimum absolute atomic E-state index is 0.0829. The van der Waals surface area contributed by atoms with Crippen molar-refractivity contribution < 1.29 is 14.4 Å². The molecule has 3 aliphatic heterocycles. The van der Waals surface area contributed by atoms with E-state index in [4.69, 9.17) is 0 Å². The van der Waals surface area contributed by atoms with Crippen LogP contribution in [0, 0.1) is 5.92 Å². The summed E-state index contributed by atoms with van der Waals surface area (Å²) >= 11 is 0. The number of hydrogen-bond acceptors (Lipinski definition) is 5. The molecule has 2 N–H and O–H groups in total. The van der Waals surface area contributed by atoms with Crippen LogP contribution in [0.4, 0.5) is 0 Å². The van der Waals surface area contributed by atoms with Gasteiger partial charge in [0.25, 0.3) is 5.91 Å². The molecule has 2 fully saturated rings. The number of benzene rings is 1. The fraction of sp³-hybridized carbons (Fsp3) is 0.591. The lowest BCUT2D eigenvalue weighted by atomic mass is 9.98. The molecule has 7 nitrogen and oxygen atoms in total. The number of nitrogens with zero attached hydrogens (tertiary/aromatic N) is 2. The summed E-state index contributed by atoms with van der Waals surface area (Å²) in [6.45, 7) is 7.48. The molecule has 0 radical (unpaired) electrons. The second-order valence-electron chi connectivity index (χ2n) is 8.39. The van der Waals surface area contributed by atoms with Crippen molar-refractivity contribution in [3.63, 3.8) is 0 Å². The van der Waals surface area contributed by atoms with Crippen molar-refractivity contribution in [2.24, 2.45) is 5.92 Å². The number of hydrogen-bond donors (Lipinski definition) is 2. The predicted molar refractivity (Wildman–Crippen MR) is 109 cm³/mol. The lowest BCUT2D eigenvalue weighted by molar-refractivity contribution is -0.136. The van der Waals surface area contributed by atoms with Gasteiger partial charge in [-0.05, 0) is 55.9 Å². The fourth-order valence-corrected chi connectivity index (χ4v) is 4.81. The van der Waals surface area contributed by atoms with Crippen molar-refractivity contribution in [2.75, 3.05) is 26.2 Å². The molecule has 3 heterocycles. The van der Waals surface area contributed by atoms with Crippen LogP contribution in [-0.2, 0) is 22.7 Å². The third-order valence-corrected chi connectivity index (χ3v) is 6.40. The maximum absolute atomic E-state index is 13.2. The smallest absolute Gasteiger partial charge is 0.255 e. The summed E-state index contributed by atoms with van der Waals surface area (Å²) in [6, 6.07) is 5.46. The van der Waals surface area contributed by atoms with E-state index in [-0.39, 0.29) is 24.1 Å². The maximum Gasteiger partial charge on any atom is 0.255 e. The number of fused-ring (bicyclic) bond motifs is 1. The molecule has 156 valence electrons. The van der Waals surface area contributed by atoms with E-state index < -0.39 is 6.04 Å². The molecule has 29 heavy (non-hydrogen) atoms. The Balaban J connectivity index is 1.49. The Bertz CT molecular complexity index is 803. The molecule has 0 aliphatic carbocycles. The van der Waals surface area contributed by atoms with Crippen molar-refractivity contribution >= 4 is 17.7 Å². The van der Waals surface area contributed by atoms with Crippen LogP contribution in [0.3, 0.4) is 0 Å². The minimum atomic E-state index is -0.559. The minimum Gasteiger partial charge on any atom is -0.322 e. The van der Waals surface area contributed by atoms with E-state index in [1.165, 1.54) is 12.8 Å². The molecule has 3 amide bonds. The van der Waals surface area contributed by atoms with Crippen molar-refractivity contribution in [3.8, 4) is 0 Å². The lowest BCUT2D eigenvalue weighted by Crippen LogP contribution is -2.52. The molecule has 2 saturated heterocycles. The molecule has 7 heteroatoms. The third kappa shape index (κ3) is 4.21. The molecule has 1 aromatic rings. The quantitative estimate of drug-likeness (QED) is 0.706. The standard InChI is InChI=1S/C22H30N4O3/c1-2-25(12-15-5-4-10-23-11-15)13-16-6-3-7-17-14-26(22(29)20(16)17)18-8-9-19(27)24-21(18)28/h3,6-7,15,18,23H,2,4-5,8-14H2,1H3,(H,24,27,28). The van der Waals surface area contributed by atoms with Gasteiger partial charge in [-0.25, -0.2) is 0 Å². The summed E-state index contributed by atoms with van der Waals surface area (Å²) in [4.78, 5) is 41.0. The second kappa shape index (κ2) is 8.63. The van der Waals surface area contributed by atoms with Crippen LogP contribution in [0.25, 0.3) is 0 Å². The molecule has 4 rings (SSSR count). The van der Waals surface area contributed by atoms with Crippen LogP contribution in [0.1, 0.15) is 54.1 Å². The summed E-state index contributed by atoms with van der Waals surface area (Å²) in [5.41, 5.74) is 2.76. The summed E-state index contributed by atoms with van der Waals surface area (Å²) in [6.07, 6.45) is 3.15. The number of carbonyl (C=O) groups is 3. The summed E-state index contributed by atoms with van der Waals surface area (Å²) < 4.78 is 0. The van der Waals surface area contributed by atoms with Crippen molar-refractivity contribution in [1.82, 2.24) is 20.4 Å². The number of imide groups is 1. The highest BCUT2D eigenvalue weighted by molar-refractivity contribution is 6.05. The first-order valence-corrected chi connectivity index (χ1v) is 10.7. The van der Waals surface area contributed by atoms with Gasteiger partial charge in [0.15, 0.2) is 0 Å². The van der Waals surface area contributed by atoms with Crippen LogP contribution < -0.4 is 10.6 Å². The molecular formula is C22H30N4O3. The maximum atomic E-state index is 13.2. The van der Waals surface area contributed by atoms with Gasteiger partial charge in [0.2, 0.25) is 11.8 Å². The number of amides is 3. The van der Waals surface area contributed by atoms with Gasteiger partial charge in [0.1, 0.15) is 6.04 Å². The highest BCUT2D eigenvalue weighted by Gasteiger charge is 2.40. The summed E-state index contributed by atoms with van der Waals surface area (Å²) in [7, 11) is 0. The highest BCUT2D eigenvalue weighted by atomic mass is 16.2. The lowest BCUT2D eigenvalue weighted by Gasteiger charge is -2.30. The van der Waals surface area contributed by atoms with E-state index in [1.807, 2.05) is 18.2 Å².